The van der Waals surface area contributed by atoms with E-state index in [1.165, 1.54) is 12.1 Å². The molecule has 0 heterocycles. The van der Waals surface area contributed by atoms with E-state index in [2.05, 4.69) is 6.58 Å². The summed E-state index contributed by atoms with van der Waals surface area (Å²) in [4.78, 5) is 20.5. The van der Waals surface area contributed by atoms with Crippen molar-refractivity contribution in [2.24, 2.45) is 0 Å². The van der Waals surface area contributed by atoms with Crippen molar-refractivity contribution < 1.29 is 19.6 Å². The van der Waals surface area contributed by atoms with Gasteiger partial charge in [0.2, 0.25) is 0 Å². The molecule has 1 rings (SSSR count). The van der Waals surface area contributed by atoms with Crippen LogP contribution in [0.25, 0.3) is 0 Å². The highest BCUT2D eigenvalue weighted by atomic mass is 16.6. The largest absolute Gasteiger partial charge is 0.482 e. The molecule has 0 atom stereocenters. The number of carboxylic acids is 1. The Bertz CT molecular complexity index is 559. The lowest BCUT2D eigenvalue weighted by atomic mass is 10.2. The van der Waals surface area contributed by atoms with Crippen molar-refractivity contribution in [2.45, 2.75) is 0 Å². The second-order valence-corrected chi connectivity index (χ2v) is 3.25. The number of carbonyl (C=O) groups is 1. The molecule has 0 aliphatic carbocycles. The molecule has 0 amide bonds. The molecule has 0 aliphatic heterocycles. The average Bonchev–Trinajstić information content (AvgIpc) is 2.35. The molecular weight excluding hydrogens is 240 g/mol. The fraction of sp³-hybridized carbons (Fsp3) is 0.0909. The normalized spacial score (nSPS) is 9.28. The predicted octanol–water partition coefficient (Wildman–Crippen LogP) is 1.49. The van der Waals surface area contributed by atoms with E-state index < -0.39 is 16.6 Å². The predicted molar refractivity (Wildman–Crippen MR) is 60.1 cm³/mol. The standard InChI is InChI=1S/C11H8N2O5/c1-7(11(14)15)6-18-10-3-2-8(5-12)4-9(10)13(16)17/h2-4H,1,6H2,(H,14,15). The Morgan fingerprint density at radius 1 is 1.61 bits per heavy atom. The minimum absolute atomic E-state index is 0.110. The smallest absolute Gasteiger partial charge is 0.334 e. The van der Waals surface area contributed by atoms with Crippen LogP contribution in [0.15, 0.2) is 30.4 Å². The van der Waals surface area contributed by atoms with E-state index in [1.807, 2.05) is 0 Å². The molecule has 0 saturated carbocycles. The second-order valence-electron chi connectivity index (χ2n) is 3.25. The maximum atomic E-state index is 10.7. The third-order valence-corrected chi connectivity index (χ3v) is 1.99. The van der Waals surface area contributed by atoms with Crippen LogP contribution in [0.3, 0.4) is 0 Å². The highest BCUT2D eigenvalue weighted by molar-refractivity contribution is 5.86. The first kappa shape index (κ1) is 13.2. The molecule has 7 heteroatoms. The number of nitriles is 1. The van der Waals surface area contributed by atoms with Crippen LogP contribution in [0.4, 0.5) is 5.69 Å². The third kappa shape index (κ3) is 3.05. The van der Waals surface area contributed by atoms with Crippen molar-refractivity contribution in [1.82, 2.24) is 0 Å². The van der Waals surface area contributed by atoms with Gasteiger partial charge in [-0.25, -0.2) is 4.79 Å². The van der Waals surface area contributed by atoms with Gasteiger partial charge in [-0.1, -0.05) is 6.58 Å². The Morgan fingerprint density at radius 3 is 2.78 bits per heavy atom. The minimum atomic E-state index is -1.24. The molecule has 0 aromatic heterocycles. The molecule has 0 spiro atoms. The van der Waals surface area contributed by atoms with Gasteiger partial charge in [0.25, 0.3) is 0 Å². The van der Waals surface area contributed by atoms with E-state index >= 15 is 0 Å². The number of hydrogen-bond acceptors (Lipinski definition) is 5. The fourth-order valence-corrected chi connectivity index (χ4v) is 1.08. The summed E-state index contributed by atoms with van der Waals surface area (Å²) in [7, 11) is 0. The Labute approximate surface area is 102 Å². The highest BCUT2D eigenvalue weighted by Crippen LogP contribution is 2.27. The van der Waals surface area contributed by atoms with Crippen molar-refractivity contribution >= 4 is 11.7 Å². The first-order valence-electron chi connectivity index (χ1n) is 4.68. The second kappa shape index (κ2) is 5.45. The number of nitro groups is 1. The molecule has 92 valence electrons. The monoisotopic (exact) mass is 248 g/mol. The van der Waals surface area contributed by atoms with Crippen molar-refractivity contribution in [3.8, 4) is 11.8 Å². The third-order valence-electron chi connectivity index (χ3n) is 1.99. The Balaban J connectivity index is 2.96. The van der Waals surface area contributed by atoms with Crippen LogP contribution in [0.1, 0.15) is 5.56 Å². The summed E-state index contributed by atoms with van der Waals surface area (Å²) in [5.41, 5.74) is -0.507. The van der Waals surface area contributed by atoms with Gasteiger partial charge in [-0.05, 0) is 12.1 Å². The molecule has 0 aliphatic rings. The summed E-state index contributed by atoms with van der Waals surface area (Å²) in [6, 6.07) is 5.40. The van der Waals surface area contributed by atoms with Gasteiger partial charge < -0.3 is 9.84 Å². The van der Waals surface area contributed by atoms with Gasteiger partial charge in [0.1, 0.15) is 6.61 Å². The first-order chi connectivity index (χ1) is 8.45. The van der Waals surface area contributed by atoms with Crippen LogP contribution >= 0.6 is 0 Å². The molecule has 1 aromatic rings. The molecule has 7 nitrogen and oxygen atoms in total. The van der Waals surface area contributed by atoms with E-state index in [1.54, 1.807) is 6.07 Å². The Morgan fingerprint density at radius 2 is 2.28 bits per heavy atom. The van der Waals surface area contributed by atoms with E-state index in [0.717, 1.165) is 6.07 Å². The van der Waals surface area contributed by atoms with Gasteiger partial charge in [0.15, 0.2) is 5.75 Å². The van der Waals surface area contributed by atoms with Crippen LogP contribution in [-0.2, 0) is 4.79 Å². The molecule has 0 unspecified atom stereocenters. The zero-order chi connectivity index (χ0) is 13.7. The summed E-state index contributed by atoms with van der Waals surface area (Å²) in [5.74, 6) is -1.35. The quantitative estimate of drug-likeness (QED) is 0.479. The van der Waals surface area contributed by atoms with Crippen molar-refractivity contribution in [3.63, 3.8) is 0 Å². The number of nitrogens with zero attached hydrogens (tertiary/aromatic N) is 2. The van der Waals surface area contributed by atoms with Crippen LogP contribution in [0.2, 0.25) is 0 Å². The number of ether oxygens (including phenoxy) is 1. The summed E-state index contributed by atoms with van der Waals surface area (Å²) in [5, 5.41) is 27.9. The zero-order valence-electron chi connectivity index (χ0n) is 9.12. The van der Waals surface area contributed by atoms with Gasteiger partial charge >= 0.3 is 11.7 Å². The molecular formula is C11H8N2O5. The number of rotatable bonds is 5. The van der Waals surface area contributed by atoms with E-state index in [9.17, 15) is 14.9 Å². The first-order valence-corrected chi connectivity index (χ1v) is 4.68. The number of nitro benzene ring substituents is 1. The van der Waals surface area contributed by atoms with E-state index in [-0.39, 0.29) is 23.5 Å². The molecule has 0 bridgehead atoms. The number of aliphatic carboxylic acids is 1. The molecule has 0 radical (unpaired) electrons. The Hall–Kier alpha value is -2.88. The lowest BCUT2D eigenvalue weighted by molar-refractivity contribution is -0.385. The topological polar surface area (TPSA) is 113 Å². The molecule has 0 fully saturated rings. The summed E-state index contributed by atoms with van der Waals surface area (Å²) >= 11 is 0. The zero-order valence-corrected chi connectivity index (χ0v) is 9.12. The van der Waals surface area contributed by atoms with Crippen LogP contribution in [-0.4, -0.2) is 22.6 Å². The van der Waals surface area contributed by atoms with Gasteiger partial charge in [-0.3, -0.25) is 10.1 Å². The van der Waals surface area contributed by atoms with E-state index in [4.69, 9.17) is 15.1 Å². The molecule has 18 heavy (non-hydrogen) atoms. The van der Waals surface area contributed by atoms with Gasteiger partial charge in [-0.15, -0.1) is 0 Å². The average molecular weight is 248 g/mol. The summed E-state index contributed by atoms with van der Waals surface area (Å²) in [6.07, 6.45) is 0. The molecule has 1 aromatic carbocycles. The van der Waals surface area contributed by atoms with Crippen molar-refractivity contribution in [3.05, 3.63) is 46.0 Å². The lowest BCUT2D eigenvalue weighted by Gasteiger charge is -2.06. The summed E-state index contributed by atoms with van der Waals surface area (Å²) < 4.78 is 4.99. The maximum Gasteiger partial charge on any atom is 0.334 e. The lowest BCUT2D eigenvalue weighted by Crippen LogP contribution is -2.09. The SMILES string of the molecule is C=C(COc1ccc(C#N)cc1[N+](=O)[O-])C(=O)O. The van der Waals surface area contributed by atoms with Gasteiger partial charge in [-0.2, -0.15) is 5.26 Å². The van der Waals surface area contributed by atoms with Gasteiger partial charge in [0, 0.05) is 6.07 Å². The van der Waals surface area contributed by atoms with Crippen molar-refractivity contribution in [1.29, 1.82) is 5.26 Å². The molecule has 1 N–H and O–H groups in total. The number of benzene rings is 1. The van der Waals surface area contributed by atoms with E-state index in [0.29, 0.717) is 0 Å². The van der Waals surface area contributed by atoms with Gasteiger partial charge in [0.05, 0.1) is 22.1 Å². The van der Waals surface area contributed by atoms with Crippen molar-refractivity contribution in [2.75, 3.05) is 6.61 Å². The number of carboxylic acid groups (broad SMARTS) is 1. The molecule has 0 saturated heterocycles. The minimum Gasteiger partial charge on any atom is -0.482 e. The van der Waals surface area contributed by atoms with Crippen LogP contribution < -0.4 is 4.74 Å². The van der Waals surface area contributed by atoms with Crippen LogP contribution in [0.5, 0.6) is 5.75 Å². The Kier molecular flexibility index (Phi) is 3.99. The fourth-order valence-electron chi connectivity index (χ4n) is 1.08. The maximum absolute atomic E-state index is 10.7. The summed E-state index contributed by atoms with van der Waals surface area (Å²) in [6.45, 7) is 2.86. The number of hydrogen-bond donors (Lipinski definition) is 1. The highest BCUT2D eigenvalue weighted by Gasteiger charge is 2.17. The van der Waals surface area contributed by atoms with Crippen LogP contribution in [0, 0.1) is 21.4 Å².